The van der Waals surface area contributed by atoms with E-state index in [4.69, 9.17) is 33.1 Å². The van der Waals surface area contributed by atoms with E-state index in [9.17, 15) is 24.6 Å². The first-order valence-electron chi connectivity index (χ1n) is 25.4. The summed E-state index contributed by atoms with van der Waals surface area (Å²) in [5.74, 6) is 2.92. The van der Waals surface area contributed by atoms with Gasteiger partial charge in [-0.25, -0.2) is 0 Å². The van der Waals surface area contributed by atoms with E-state index in [-0.39, 0.29) is 55.7 Å². The van der Waals surface area contributed by atoms with Crippen molar-refractivity contribution in [1.29, 1.82) is 0 Å². The Bertz CT molecular complexity index is 1880. The molecular formula is C53H83N7O7. The second kappa shape index (κ2) is 27.9. The summed E-state index contributed by atoms with van der Waals surface area (Å²) in [6.07, 6.45) is 28.6. The van der Waals surface area contributed by atoms with Crippen molar-refractivity contribution < 1.29 is 34.1 Å². The quantitative estimate of drug-likeness (QED) is 0.0473. The Morgan fingerprint density at radius 3 is 2.51 bits per heavy atom. The van der Waals surface area contributed by atoms with Crippen LogP contribution in [0.2, 0.25) is 0 Å². The van der Waals surface area contributed by atoms with E-state index in [1.807, 2.05) is 12.2 Å². The van der Waals surface area contributed by atoms with Crippen molar-refractivity contribution in [3.05, 3.63) is 70.1 Å². The zero-order valence-corrected chi connectivity index (χ0v) is 40.7. The highest BCUT2D eigenvalue weighted by molar-refractivity contribution is 5.97. The highest BCUT2D eigenvalue weighted by Crippen LogP contribution is 2.41. The number of unbranched alkanes of at least 4 members (excludes halogenated alkanes) is 1. The predicted molar refractivity (Wildman–Crippen MR) is 264 cm³/mol. The van der Waals surface area contributed by atoms with Crippen molar-refractivity contribution in [2.45, 2.75) is 160 Å². The lowest BCUT2D eigenvalue weighted by molar-refractivity contribution is -0.141. The minimum absolute atomic E-state index is 0.105. The van der Waals surface area contributed by atoms with Gasteiger partial charge in [-0.2, -0.15) is 0 Å². The minimum Gasteiger partial charge on any atom is -0.492 e. The molecule has 372 valence electrons. The Morgan fingerprint density at radius 2 is 1.82 bits per heavy atom. The minimum atomic E-state index is -1.36. The van der Waals surface area contributed by atoms with Gasteiger partial charge in [0.05, 0.1) is 31.3 Å². The van der Waals surface area contributed by atoms with Crippen LogP contribution >= 0.6 is 0 Å². The Labute approximate surface area is 400 Å². The highest BCUT2D eigenvalue weighted by atomic mass is 16.5. The zero-order valence-electron chi connectivity index (χ0n) is 40.7. The first-order valence-corrected chi connectivity index (χ1v) is 25.4. The number of ether oxygens (including phenoxy) is 2. The molecule has 5 aliphatic rings. The lowest BCUT2D eigenvalue weighted by atomic mass is 9.77. The molecule has 10 unspecified atom stereocenters. The fraction of sp³-hybridized carbons (Fsp3) is 0.679. The number of nitrogens with two attached hydrogens (primary N) is 3. The van der Waals surface area contributed by atoms with Gasteiger partial charge in [0.1, 0.15) is 36.6 Å². The van der Waals surface area contributed by atoms with E-state index >= 15 is 0 Å². The summed E-state index contributed by atoms with van der Waals surface area (Å²) in [5.41, 5.74) is 22.8. The van der Waals surface area contributed by atoms with Crippen LogP contribution in [0.3, 0.4) is 0 Å². The van der Waals surface area contributed by atoms with E-state index in [1.54, 1.807) is 14.0 Å². The lowest BCUT2D eigenvalue weighted by Gasteiger charge is -2.41. The maximum Gasteiger partial charge on any atom is 0.247 e. The molecule has 0 saturated carbocycles. The molecule has 0 aromatic carbocycles. The maximum atomic E-state index is 14.9. The number of ketones is 1. The smallest absolute Gasteiger partial charge is 0.247 e. The predicted octanol–water partition coefficient (Wildman–Crippen LogP) is 4.68. The molecule has 0 saturated heterocycles. The molecule has 0 radical (unpaired) electrons. The normalized spacial score (nSPS) is 28.3. The van der Waals surface area contributed by atoms with Crippen molar-refractivity contribution in [1.82, 2.24) is 20.9 Å². The van der Waals surface area contributed by atoms with Crippen molar-refractivity contribution in [2.75, 3.05) is 46.4 Å². The summed E-state index contributed by atoms with van der Waals surface area (Å²) in [4.78, 5) is 44.2. The number of amides is 2. The number of terminal acetylenes is 1. The van der Waals surface area contributed by atoms with Crippen molar-refractivity contribution >= 4 is 17.6 Å². The van der Waals surface area contributed by atoms with Crippen LogP contribution in [-0.4, -0.2) is 116 Å². The van der Waals surface area contributed by atoms with Crippen LogP contribution in [0.5, 0.6) is 0 Å². The number of hydrogen-bond donors (Lipinski definition) is 8. The number of aliphatic hydroxyl groups excluding tert-OH is 2. The largest absolute Gasteiger partial charge is 0.492 e. The molecule has 0 spiro atoms. The zero-order chi connectivity index (χ0) is 48.3. The van der Waals surface area contributed by atoms with Gasteiger partial charge in [-0.3, -0.25) is 25.0 Å². The average molecular weight is 930 g/mol. The summed E-state index contributed by atoms with van der Waals surface area (Å²) in [7, 11) is 1.66. The van der Waals surface area contributed by atoms with Gasteiger partial charge in [0, 0.05) is 49.5 Å². The van der Waals surface area contributed by atoms with Crippen LogP contribution in [0.25, 0.3) is 0 Å². The number of carbonyl (C=O) groups is 3. The van der Waals surface area contributed by atoms with Gasteiger partial charge < -0.3 is 47.1 Å². The average Bonchev–Trinajstić information content (AvgIpc) is 3.34. The molecule has 1 heterocycles. The van der Waals surface area contributed by atoms with Gasteiger partial charge in [-0.1, -0.05) is 73.6 Å². The first kappa shape index (κ1) is 54.0. The van der Waals surface area contributed by atoms with Crippen LogP contribution in [0, 0.1) is 36.0 Å². The van der Waals surface area contributed by atoms with Gasteiger partial charge in [-0.05, 0) is 120 Å². The molecule has 2 amide bonds. The third kappa shape index (κ3) is 15.5. The highest BCUT2D eigenvalue weighted by Gasteiger charge is 2.41. The number of nitrogens with one attached hydrogen (secondary N) is 3. The summed E-state index contributed by atoms with van der Waals surface area (Å²) in [5, 5.41) is 32.8. The number of hydrogen-bond acceptors (Lipinski definition) is 12. The number of likely N-dealkylation sites (N-methyl/N-ethyl adjacent to an activating group) is 1. The molecule has 0 fully saturated rings. The van der Waals surface area contributed by atoms with E-state index < -0.39 is 36.5 Å². The van der Waals surface area contributed by atoms with Gasteiger partial charge in [-0.15, -0.1) is 6.42 Å². The van der Waals surface area contributed by atoms with Crippen LogP contribution in [-0.2, 0) is 23.9 Å². The van der Waals surface area contributed by atoms with Crippen LogP contribution in [0.15, 0.2) is 70.1 Å². The molecule has 67 heavy (non-hydrogen) atoms. The maximum absolute atomic E-state index is 14.9. The molecule has 5 rings (SSSR count). The Hall–Kier alpha value is -3.91. The molecule has 11 N–H and O–H groups in total. The summed E-state index contributed by atoms with van der Waals surface area (Å²) < 4.78 is 12.7. The second-order valence-electron chi connectivity index (χ2n) is 19.3. The fourth-order valence-electron chi connectivity index (χ4n) is 10.6. The van der Waals surface area contributed by atoms with Crippen LogP contribution in [0.1, 0.15) is 123 Å². The summed E-state index contributed by atoms with van der Waals surface area (Å²) in [6.45, 7) is 5.70. The second-order valence-corrected chi connectivity index (χ2v) is 19.3. The van der Waals surface area contributed by atoms with E-state index in [2.05, 4.69) is 53.1 Å². The molecule has 1 aliphatic heterocycles. The monoisotopic (exact) mass is 930 g/mol. The number of fused-ring (bicyclic) bond motifs is 4. The fourth-order valence-corrected chi connectivity index (χ4v) is 10.6. The SMILES string of the molecule is C#CCNC(O)C1CCCC(=O)C(C)NC(O)C(N(C)C(=O)C(CCCN)NC(=O)C2=CCC(C3=CCC(CCCC)CC3)CC2)C2C=CC(OCCN)=C(C2)C2=CC(=CCC2OCCN)C1. The Morgan fingerprint density at radius 1 is 1.01 bits per heavy atom. The molecular weight excluding hydrogens is 847 g/mol. The number of carbonyl (C=O) groups excluding carboxylic acids is 3. The molecule has 4 aliphatic carbocycles. The number of aliphatic hydroxyl groups is 2. The van der Waals surface area contributed by atoms with Gasteiger partial charge in [0.25, 0.3) is 0 Å². The lowest BCUT2D eigenvalue weighted by Crippen LogP contribution is -2.60. The number of allylic oxidation sites excluding steroid dienone is 6. The Kier molecular flexibility index (Phi) is 22.5. The molecule has 14 heteroatoms. The van der Waals surface area contributed by atoms with E-state index in [0.29, 0.717) is 88.3 Å². The molecule has 0 aromatic heterocycles. The topological polar surface area (TPSA) is 228 Å². The molecule has 14 nitrogen and oxygen atoms in total. The first-order chi connectivity index (χ1) is 32.4. The standard InChI is InChI=1S/C53H83N7O7/c1-5-7-10-36-14-17-38(18-15-36)39-19-21-40(22-20-39)51(63)59-45(12-9-26-54)53(65)60(4)49-41-23-25-48(67-31-28-56)44(34-41)43-33-37(16-24-47(43)66-30-27-55)32-42(50(62)57-29-6-2)11-8-13-46(61)35(3)58-52(49)64/h2,16-17,21,23,25,33,35-36,39,41-42,45,47,49-50,52,57-58,62,64H,5,7-15,18-20,22,24,26-32,34,54-56H2,1,3-4H3,(H,59,63). The third-order valence-corrected chi connectivity index (χ3v) is 14.5. The summed E-state index contributed by atoms with van der Waals surface area (Å²) >= 11 is 0. The number of rotatable bonds is 20. The van der Waals surface area contributed by atoms with Gasteiger partial charge in [0.2, 0.25) is 11.8 Å². The third-order valence-electron chi connectivity index (χ3n) is 14.5. The van der Waals surface area contributed by atoms with Crippen LogP contribution in [0.4, 0.5) is 0 Å². The van der Waals surface area contributed by atoms with Crippen molar-refractivity contribution in [2.24, 2.45) is 40.9 Å². The summed E-state index contributed by atoms with van der Waals surface area (Å²) in [6, 6.07) is -2.55. The molecule has 0 aromatic rings. The van der Waals surface area contributed by atoms with Gasteiger partial charge in [0.15, 0.2) is 0 Å². The number of Topliss-reactive ketones (excluding diaryl/α,β-unsaturated/α-hetero) is 1. The van der Waals surface area contributed by atoms with Crippen molar-refractivity contribution in [3.8, 4) is 12.3 Å². The number of nitrogens with zero attached hydrogens (tertiary/aromatic N) is 1. The Balaban J connectivity index is 1.44. The van der Waals surface area contributed by atoms with E-state index in [0.717, 1.165) is 48.3 Å². The van der Waals surface area contributed by atoms with Crippen LogP contribution < -0.4 is 33.2 Å². The van der Waals surface area contributed by atoms with Crippen molar-refractivity contribution in [3.63, 3.8) is 0 Å². The van der Waals surface area contributed by atoms with E-state index in [1.165, 1.54) is 36.2 Å². The van der Waals surface area contributed by atoms with Gasteiger partial charge >= 0.3 is 0 Å². The molecule has 4 bridgehead atoms. The molecule has 10 atom stereocenters.